The number of urea groups is 1. The lowest BCUT2D eigenvalue weighted by Crippen LogP contribution is -2.43. The number of carbonyl (C=O) groups excluding carboxylic acids is 2. The van der Waals surface area contributed by atoms with Gasteiger partial charge in [-0.2, -0.15) is 0 Å². The van der Waals surface area contributed by atoms with Gasteiger partial charge in [-0.05, 0) is 36.4 Å². The molecule has 3 amide bonds. The first kappa shape index (κ1) is 15.3. The number of nitrogens with zero attached hydrogens (tertiary/aromatic N) is 3. The van der Waals surface area contributed by atoms with Crippen LogP contribution in [0.25, 0.3) is 10.8 Å². The van der Waals surface area contributed by atoms with Crippen molar-refractivity contribution in [3.05, 3.63) is 36.7 Å². The van der Waals surface area contributed by atoms with E-state index in [0.29, 0.717) is 0 Å². The normalized spacial score (nSPS) is 14.0. The quantitative estimate of drug-likeness (QED) is 0.943. The van der Waals surface area contributed by atoms with Crippen molar-refractivity contribution in [2.24, 2.45) is 0 Å². The van der Waals surface area contributed by atoms with Crippen molar-refractivity contribution in [1.82, 2.24) is 15.2 Å². The van der Waals surface area contributed by atoms with Crippen LogP contribution in [-0.4, -0.2) is 48.5 Å². The Kier molecular flexibility index (Phi) is 4.41. The van der Waals surface area contributed by atoms with Gasteiger partial charge in [-0.1, -0.05) is 6.07 Å². The molecule has 0 unspecified atom stereocenters. The SMILES string of the molecule is CN(C(=O)NCC(=O)N1CCCC1)c1ccc2cnccc2c1. The largest absolute Gasteiger partial charge is 0.341 e. The summed E-state index contributed by atoms with van der Waals surface area (Å²) in [5, 5.41) is 4.73. The highest BCUT2D eigenvalue weighted by molar-refractivity contribution is 5.96. The van der Waals surface area contributed by atoms with Crippen LogP contribution in [0.4, 0.5) is 10.5 Å². The molecule has 0 aliphatic carbocycles. The maximum atomic E-state index is 12.2. The van der Waals surface area contributed by atoms with E-state index in [9.17, 15) is 9.59 Å². The van der Waals surface area contributed by atoms with Crippen molar-refractivity contribution < 1.29 is 9.59 Å². The predicted molar refractivity (Wildman–Crippen MR) is 89.4 cm³/mol. The number of hydrogen-bond donors (Lipinski definition) is 1. The first-order chi connectivity index (χ1) is 11.1. The molecule has 1 aromatic heterocycles. The van der Waals surface area contributed by atoms with Crippen molar-refractivity contribution in [3.63, 3.8) is 0 Å². The van der Waals surface area contributed by atoms with E-state index in [0.717, 1.165) is 42.4 Å². The van der Waals surface area contributed by atoms with E-state index in [1.807, 2.05) is 24.3 Å². The molecule has 6 heteroatoms. The summed E-state index contributed by atoms with van der Waals surface area (Å²) in [7, 11) is 1.69. The number of rotatable bonds is 3. The van der Waals surface area contributed by atoms with Gasteiger partial charge in [0.15, 0.2) is 0 Å². The second-order valence-corrected chi connectivity index (χ2v) is 5.71. The van der Waals surface area contributed by atoms with E-state index < -0.39 is 0 Å². The number of benzene rings is 1. The molecule has 1 fully saturated rings. The molecule has 2 heterocycles. The Morgan fingerprint density at radius 1 is 1.22 bits per heavy atom. The Labute approximate surface area is 135 Å². The molecule has 1 aliphatic heterocycles. The second-order valence-electron chi connectivity index (χ2n) is 5.71. The molecular weight excluding hydrogens is 292 g/mol. The van der Waals surface area contributed by atoms with Crippen molar-refractivity contribution in [2.75, 3.05) is 31.6 Å². The van der Waals surface area contributed by atoms with Gasteiger partial charge >= 0.3 is 6.03 Å². The van der Waals surface area contributed by atoms with E-state index in [-0.39, 0.29) is 18.5 Å². The second kappa shape index (κ2) is 6.64. The minimum Gasteiger partial charge on any atom is -0.341 e. The van der Waals surface area contributed by atoms with E-state index in [2.05, 4.69) is 10.3 Å². The number of pyridine rings is 1. The Hall–Kier alpha value is -2.63. The fourth-order valence-electron chi connectivity index (χ4n) is 2.74. The summed E-state index contributed by atoms with van der Waals surface area (Å²) in [4.78, 5) is 31.6. The number of likely N-dealkylation sites (tertiary alicyclic amines) is 1. The summed E-state index contributed by atoms with van der Waals surface area (Å²) < 4.78 is 0. The number of nitrogens with one attached hydrogen (secondary N) is 1. The molecule has 0 spiro atoms. The maximum absolute atomic E-state index is 12.2. The molecule has 3 rings (SSSR count). The highest BCUT2D eigenvalue weighted by atomic mass is 16.2. The monoisotopic (exact) mass is 312 g/mol. The van der Waals surface area contributed by atoms with E-state index >= 15 is 0 Å². The Morgan fingerprint density at radius 2 is 2.00 bits per heavy atom. The molecule has 1 N–H and O–H groups in total. The van der Waals surface area contributed by atoms with Crippen molar-refractivity contribution in [3.8, 4) is 0 Å². The third-order valence-electron chi connectivity index (χ3n) is 4.17. The summed E-state index contributed by atoms with van der Waals surface area (Å²) in [5.74, 6) is -0.0196. The summed E-state index contributed by atoms with van der Waals surface area (Å²) in [6.07, 6.45) is 5.60. The maximum Gasteiger partial charge on any atom is 0.322 e. The average molecular weight is 312 g/mol. The lowest BCUT2D eigenvalue weighted by atomic mass is 10.1. The van der Waals surface area contributed by atoms with Gasteiger partial charge in [-0.15, -0.1) is 0 Å². The molecule has 0 saturated carbocycles. The summed E-state index contributed by atoms with van der Waals surface area (Å²) >= 11 is 0. The molecule has 120 valence electrons. The summed E-state index contributed by atoms with van der Waals surface area (Å²) in [6.45, 7) is 1.63. The van der Waals surface area contributed by atoms with Crippen LogP contribution in [0, 0.1) is 0 Å². The van der Waals surface area contributed by atoms with Crippen LogP contribution in [0.2, 0.25) is 0 Å². The molecule has 1 saturated heterocycles. The van der Waals surface area contributed by atoms with Crippen LogP contribution in [0.5, 0.6) is 0 Å². The van der Waals surface area contributed by atoms with Gasteiger partial charge in [-0.3, -0.25) is 14.7 Å². The van der Waals surface area contributed by atoms with Crippen LogP contribution in [0.3, 0.4) is 0 Å². The lowest BCUT2D eigenvalue weighted by Gasteiger charge is -2.20. The third-order valence-corrected chi connectivity index (χ3v) is 4.17. The number of amides is 3. The smallest absolute Gasteiger partial charge is 0.322 e. The molecular formula is C17H20N4O2. The number of carbonyl (C=O) groups is 2. The van der Waals surface area contributed by atoms with Crippen LogP contribution < -0.4 is 10.2 Å². The molecule has 2 aromatic rings. The topological polar surface area (TPSA) is 65.5 Å². The number of anilines is 1. The molecule has 6 nitrogen and oxygen atoms in total. The van der Waals surface area contributed by atoms with Gasteiger partial charge in [0, 0.05) is 43.6 Å². The van der Waals surface area contributed by atoms with E-state index in [4.69, 9.17) is 0 Å². The molecule has 0 bridgehead atoms. The average Bonchev–Trinajstić information content (AvgIpc) is 3.13. The zero-order chi connectivity index (χ0) is 16.2. The van der Waals surface area contributed by atoms with Gasteiger partial charge in [-0.25, -0.2) is 4.79 Å². The van der Waals surface area contributed by atoms with Crippen LogP contribution in [-0.2, 0) is 4.79 Å². The standard InChI is InChI=1S/C17H20N4O2/c1-20(15-5-4-14-11-18-7-6-13(14)10-15)17(23)19-12-16(22)21-8-2-3-9-21/h4-7,10-11H,2-3,8-9,12H2,1H3,(H,19,23). The number of fused-ring (bicyclic) bond motifs is 1. The third kappa shape index (κ3) is 3.41. The fraction of sp³-hybridized carbons (Fsp3) is 0.353. The first-order valence-electron chi connectivity index (χ1n) is 7.78. The first-order valence-corrected chi connectivity index (χ1v) is 7.78. The molecule has 1 aromatic carbocycles. The lowest BCUT2D eigenvalue weighted by molar-refractivity contribution is -0.128. The Balaban J connectivity index is 1.62. The molecule has 0 atom stereocenters. The predicted octanol–water partition coefficient (Wildman–Crippen LogP) is 2.00. The highest BCUT2D eigenvalue weighted by Crippen LogP contribution is 2.20. The van der Waals surface area contributed by atoms with Gasteiger partial charge in [0.05, 0.1) is 6.54 Å². The zero-order valence-electron chi connectivity index (χ0n) is 13.2. The van der Waals surface area contributed by atoms with Gasteiger partial charge in [0.2, 0.25) is 5.91 Å². The Bertz CT molecular complexity index is 725. The van der Waals surface area contributed by atoms with Crippen molar-refractivity contribution >= 4 is 28.4 Å². The van der Waals surface area contributed by atoms with Gasteiger partial charge in [0.1, 0.15) is 0 Å². The van der Waals surface area contributed by atoms with Crippen molar-refractivity contribution in [1.29, 1.82) is 0 Å². The summed E-state index contributed by atoms with van der Waals surface area (Å²) in [6, 6.07) is 7.34. The van der Waals surface area contributed by atoms with Crippen LogP contribution in [0.1, 0.15) is 12.8 Å². The number of aromatic nitrogens is 1. The van der Waals surface area contributed by atoms with Crippen LogP contribution in [0.15, 0.2) is 36.7 Å². The summed E-state index contributed by atoms with van der Waals surface area (Å²) in [5.41, 5.74) is 0.773. The minimum absolute atomic E-state index is 0.0196. The number of hydrogen-bond acceptors (Lipinski definition) is 3. The van der Waals surface area contributed by atoms with Crippen LogP contribution >= 0.6 is 0 Å². The van der Waals surface area contributed by atoms with Crippen molar-refractivity contribution in [2.45, 2.75) is 12.8 Å². The van der Waals surface area contributed by atoms with Gasteiger partial charge < -0.3 is 10.2 Å². The van der Waals surface area contributed by atoms with Gasteiger partial charge in [0.25, 0.3) is 0 Å². The van der Waals surface area contributed by atoms with E-state index in [1.165, 1.54) is 4.90 Å². The van der Waals surface area contributed by atoms with E-state index in [1.54, 1.807) is 24.3 Å². The Morgan fingerprint density at radius 3 is 2.78 bits per heavy atom. The highest BCUT2D eigenvalue weighted by Gasteiger charge is 2.19. The minimum atomic E-state index is -0.286. The fourth-order valence-corrected chi connectivity index (χ4v) is 2.74. The zero-order valence-corrected chi connectivity index (χ0v) is 13.2. The molecule has 1 aliphatic rings. The molecule has 0 radical (unpaired) electrons. The molecule has 23 heavy (non-hydrogen) atoms.